The van der Waals surface area contributed by atoms with Crippen LogP contribution >= 0.6 is 11.3 Å². The molecule has 6 nitrogen and oxygen atoms in total. The molecule has 0 saturated heterocycles. The number of nitrogens with zero attached hydrogens (tertiary/aromatic N) is 1. The van der Waals surface area contributed by atoms with E-state index in [0.717, 1.165) is 10.2 Å². The van der Waals surface area contributed by atoms with Crippen molar-refractivity contribution in [1.29, 1.82) is 0 Å². The summed E-state index contributed by atoms with van der Waals surface area (Å²) in [6, 6.07) is 4.55. The number of aromatic nitrogens is 1. The minimum Gasteiger partial charge on any atom is -0.508 e. The summed E-state index contributed by atoms with van der Waals surface area (Å²) in [5.74, 6) is 0.183. The van der Waals surface area contributed by atoms with Crippen LogP contribution < -0.4 is 10.6 Å². The molecule has 0 fully saturated rings. The van der Waals surface area contributed by atoms with Crippen LogP contribution in [0.25, 0.3) is 10.2 Å². The Morgan fingerprint density at radius 2 is 2.39 bits per heavy atom. The number of hydrogen-bond donors (Lipinski definition) is 3. The fourth-order valence-corrected chi connectivity index (χ4v) is 2.27. The minimum atomic E-state index is -0.324. The number of phenols is 1. The molecule has 0 atom stereocenters. The van der Waals surface area contributed by atoms with Gasteiger partial charge in [-0.05, 0) is 18.2 Å². The van der Waals surface area contributed by atoms with Crippen LogP contribution in [0.3, 0.4) is 0 Å². The molecule has 0 aliphatic carbocycles. The van der Waals surface area contributed by atoms with Gasteiger partial charge in [-0.15, -0.1) is 0 Å². The van der Waals surface area contributed by atoms with Gasteiger partial charge in [0, 0.05) is 13.7 Å². The van der Waals surface area contributed by atoms with Crippen molar-refractivity contribution < 1.29 is 14.6 Å². The lowest BCUT2D eigenvalue weighted by atomic mass is 10.3. The molecule has 1 aromatic carbocycles. The standard InChI is InChI=1S/C11H13N3O3S/c1-17-5-4-12-10(16)14-11-13-8-3-2-7(15)6-9(8)18-11/h2-3,6,15H,4-5H2,1H3,(H2,12,13,14,16). The van der Waals surface area contributed by atoms with Crippen LogP contribution in [0.15, 0.2) is 18.2 Å². The average molecular weight is 267 g/mol. The number of ether oxygens (including phenoxy) is 1. The summed E-state index contributed by atoms with van der Waals surface area (Å²) < 4.78 is 5.64. The molecule has 3 N–H and O–H groups in total. The largest absolute Gasteiger partial charge is 0.508 e. The van der Waals surface area contributed by atoms with E-state index in [9.17, 15) is 9.90 Å². The molecule has 2 aromatic rings. The monoisotopic (exact) mass is 267 g/mol. The lowest BCUT2D eigenvalue weighted by Gasteiger charge is -2.03. The maximum absolute atomic E-state index is 11.5. The summed E-state index contributed by atoms with van der Waals surface area (Å²) in [6.07, 6.45) is 0. The van der Waals surface area contributed by atoms with Crippen molar-refractivity contribution in [3.05, 3.63) is 18.2 Å². The first-order chi connectivity index (χ1) is 8.69. The molecular formula is C11H13N3O3S. The van der Waals surface area contributed by atoms with Crippen molar-refractivity contribution in [3.8, 4) is 5.75 Å². The second-order valence-corrected chi connectivity index (χ2v) is 4.58. The van der Waals surface area contributed by atoms with Crippen LogP contribution in [-0.2, 0) is 4.74 Å². The highest BCUT2D eigenvalue weighted by atomic mass is 32.1. The van der Waals surface area contributed by atoms with Crippen molar-refractivity contribution in [2.24, 2.45) is 0 Å². The number of carbonyl (C=O) groups is 1. The van der Waals surface area contributed by atoms with E-state index in [-0.39, 0.29) is 11.8 Å². The molecule has 0 aliphatic heterocycles. The van der Waals surface area contributed by atoms with E-state index in [4.69, 9.17) is 4.74 Å². The SMILES string of the molecule is COCCNC(=O)Nc1nc2ccc(O)cc2s1. The van der Waals surface area contributed by atoms with Crippen LogP contribution in [0.5, 0.6) is 5.75 Å². The van der Waals surface area contributed by atoms with Crippen molar-refractivity contribution >= 4 is 32.7 Å². The maximum Gasteiger partial charge on any atom is 0.321 e. The van der Waals surface area contributed by atoms with Crippen molar-refractivity contribution in [2.45, 2.75) is 0 Å². The Morgan fingerprint density at radius 3 is 3.17 bits per heavy atom. The number of carbonyl (C=O) groups excluding carboxylic acids is 1. The number of benzene rings is 1. The molecule has 0 radical (unpaired) electrons. The summed E-state index contributed by atoms with van der Waals surface area (Å²) in [5.41, 5.74) is 0.741. The first-order valence-electron chi connectivity index (χ1n) is 5.32. The lowest BCUT2D eigenvalue weighted by Crippen LogP contribution is -2.31. The van der Waals surface area contributed by atoms with Crippen LogP contribution in [0.2, 0.25) is 0 Å². The number of hydrogen-bond acceptors (Lipinski definition) is 5. The fraction of sp³-hybridized carbons (Fsp3) is 0.273. The highest BCUT2D eigenvalue weighted by Gasteiger charge is 2.07. The van der Waals surface area contributed by atoms with Gasteiger partial charge in [0.05, 0.1) is 16.8 Å². The van der Waals surface area contributed by atoms with Gasteiger partial charge in [-0.2, -0.15) is 0 Å². The molecule has 0 unspecified atom stereocenters. The van der Waals surface area contributed by atoms with Gasteiger partial charge in [0.25, 0.3) is 0 Å². The van der Waals surface area contributed by atoms with E-state index in [1.165, 1.54) is 11.3 Å². The first-order valence-corrected chi connectivity index (χ1v) is 6.14. The Hall–Kier alpha value is -1.86. The molecule has 0 saturated carbocycles. The van der Waals surface area contributed by atoms with Gasteiger partial charge in [0.2, 0.25) is 0 Å². The van der Waals surface area contributed by atoms with Gasteiger partial charge < -0.3 is 15.2 Å². The average Bonchev–Trinajstić information content (AvgIpc) is 2.70. The molecule has 18 heavy (non-hydrogen) atoms. The summed E-state index contributed by atoms with van der Waals surface area (Å²) in [5, 5.41) is 15.1. The zero-order valence-electron chi connectivity index (χ0n) is 9.77. The molecule has 7 heteroatoms. The number of rotatable bonds is 4. The van der Waals surface area contributed by atoms with E-state index in [1.54, 1.807) is 25.3 Å². The number of methoxy groups -OCH3 is 1. The highest BCUT2D eigenvalue weighted by molar-refractivity contribution is 7.22. The maximum atomic E-state index is 11.5. The summed E-state index contributed by atoms with van der Waals surface area (Å²) >= 11 is 1.30. The number of phenolic OH excluding ortho intramolecular Hbond substituents is 1. The number of aromatic hydroxyl groups is 1. The number of nitrogens with one attached hydrogen (secondary N) is 2. The van der Waals surface area contributed by atoms with E-state index >= 15 is 0 Å². The van der Waals surface area contributed by atoms with Gasteiger partial charge in [0.15, 0.2) is 5.13 Å². The van der Waals surface area contributed by atoms with Crippen LogP contribution in [0, 0.1) is 0 Å². The van der Waals surface area contributed by atoms with Gasteiger partial charge in [-0.3, -0.25) is 5.32 Å². The Bertz CT molecular complexity index is 555. The molecule has 1 heterocycles. The fourth-order valence-electron chi connectivity index (χ4n) is 1.37. The van der Waals surface area contributed by atoms with Crippen molar-refractivity contribution in [1.82, 2.24) is 10.3 Å². The first kappa shape index (κ1) is 12.6. The number of urea groups is 1. The highest BCUT2D eigenvalue weighted by Crippen LogP contribution is 2.28. The second kappa shape index (κ2) is 5.65. The topological polar surface area (TPSA) is 83.5 Å². The van der Waals surface area contributed by atoms with E-state index in [2.05, 4.69) is 15.6 Å². The summed E-state index contributed by atoms with van der Waals surface area (Å²) in [6.45, 7) is 0.898. The van der Waals surface area contributed by atoms with E-state index in [0.29, 0.717) is 18.3 Å². The summed E-state index contributed by atoms with van der Waals surface area (Å²) in [7, 11) is 1.57. The molecule has 0 bridgehead atoms. The minimum absolute atomic E-state index is 0.183. The number of amides is 2. The smallest absolute Gasteiger partial charge is 0.321 e. The second-order valence-electron chi connectivity index (χ2n) is 3.54. The lowest BCUT2D eigenvalue weighted by molar-refractivity contribution is 0.198. The zero-order chi connectivity index (χ0) is 13.0. The Balaban J connectivity index is 2.01. The molecular weight excluding hydrogens is 254 g/mol. The zero-order valence-corrected chi connectivity index (χ0v) is 10.6. The molecule has 2 rings (SSSR count). The predicted molar refractivity (Wildman–Crippen MR) is 70.2 cm³/mol. The third kappa shape index (κ3) is 3.08. The molecule has 0 spiro atoms. The van der Waals surface area contributed by atoms with E-state index < -0.39 is 0 Å². The molecule has 2 amide bonds. The van der Waals surface area contributed by atoms with Gasteiger partial charge >= 0.3 is 6.03 Å². The normalized spacial score (nSPS) is 10.5. The van der Waals surface area contributed by atoms with Gasteiger partial charge in [-0.1, -0.05) is 11.3 Å². The molecule has 96 valence electrons. The van der Waals surface area contributed by atoms with Crippen LogP contribution in [0.1, 0.15) is 0 Å². The van der Waals surface area contributed by atoms with Crippen LogP contribution in [0.4, 0.5) is 9.93 Å². The number of thiazole rings is 1. The van der Waals surface area contributed by atoms with Gasteiger partial charge in [-0.25, -0.2) is 9.78 Å². The number of anilines is 1. The Morgan fingerprint density at radius 1 is 1.56 bits per heavy atom. The van der Waals surface area contributed by atoms with Gasteiger partial charge in [0.1, 0.15) is 5.75 Å². The Kier molecular flexibility index (Phi) is 3.96. The third-order valence-corrected chi connectivity index (χ3v) is 3.12. The van der Waals surface area contributed by atoms with Crippen LogP contribution in [-0.4, -0.2) is 36.4 Å². The molecule has 0 aliphatic rings. The van der Waals surface area contributed by atoms with Crippen molar-refractivity contribution in [3.63, 3.8) is 0 Å². The Labute approximate surface area is 108 Å². The predicted octanol–water partition coefficient (Wildman–Crippen LogP) is 1.77. The van der Waals surface area contributed by atoms with E-state index in [1.807, 2.05) is 0 Å². The quantitative estimate of drug-likeness (QED) is 0.737. The summed E-state index contributed by atoms with van der Waals surface area (Å²) in [4.78, 5) is 15.7. The van der Waals surface area contributed by atoms with Crippen molar-refractivity contribution in [2.75, 3.05) is 25.6 Å². The molecule has 1 aromatic heterocycles. The third-order valence-electron chi connectivity index (χ3n) is 2.18. The number of fused-ring (bicyclic) bond motifs is 1.